The van der Waals surface area contributed by atoms with E-state index in [1.54, 1.807) is 0 Å². The van der Waals surface area contributed by atoms with Crippen LogP contribution in [-0.4, -0.2) is 19.9 Å². The molecule has 2 heterocycles. The molecule has 0 atom stereocenters. The van der Waals surface area contributed by atoms with Crippen molar-refractivity contribution in [3.8, 4) is 0 Å². The molecule has 88 valence electrons. The Kier molecular flexibility index (Phi) is 2.78. The van der Waals surface area contributed by atoms with Crippen molar-refractivity contribution in [2.24, 2.45) is 0 Å². The molecule has 0 bridgehead atoms. The van der Waals surface area contributed by atoms with Gasteiger partial charge < -0.3 is 4.98 Å². The van der Waals surface area contributed by atoms with E-state index in [0.29, 0.717) is 22.1 Å². The molecule has 0 saturated heterocycles. The van der Waals surface area contributed by atoms with E-state index >= 15 is 0 Å². The van der Waals surface area contributed by atoms with Crippen LogP contribution in [0.25, 0.3) is 23.3 Å². The number of halogens is 1. The highest BCUT2D eigenvalue weighted by atomic mass is 35.5. The van der Waals surface area contributed by atoms with E-state index in [0.717, 1.165) is 5.56 Å². The second-order valence-electron chi connectivity index (χ2n) is 3.73. The van der Waals surface area contributed by atoms with Crippen molar-refractivity contribution in [3.05, 3.63) is 53.2 Å². The molecular formula is C13H9ClN4. The molecule has 0 unspecified atom stereocenters. The van der Waals surface area contributed by atoms with E-state index in [1.165, 1.54) is 6.33 Å². The molecule has 3 rings (SSSR count). The number of hydrogen-bond acceptors (Lipinski definition) is 3. The highest BCUT2D eigenvalue weighted by Gasteiger charge is 2.05. The van der Waals surface area contributed by atoms with Gasteiger partial charge >= 0.3 is 0 Å². The SMILES string of the molecule is Clc1ncnc2nc(/C=C/c3ccccc3)[nH]c12. The number of H-pyrrole nitrogens is 1. The van der Waals surface area contributed by atoms with Crippen LogP contribution >= 0.6 is 11.6 Å². The van der Waals surface area contributed by atoms with Crippen LogP contribution < -0.4 is 0 Å². The zero-order valence-corrected chi connectivity index (χ0v) is 10.1. The monoisotopic (exact) mass is 256 g/mol. The van der Waals surface area contributed by atoms with E-state index in [2.05, 4.69) is 19.9 Å². The fraction of sp³-hybridized carbons (Fsp3) is 0. The molecule has 5 heteroatoms. The third-order valence-corrected chi connectivity index (χ3v) is 2.78. The molecule has 1 aromatic carbocycles. The quantitative estimate of drug-likeness (QED) is 0.717. The molecule has 0 saturated carbocycles. The summed E-state index contributed by atoms with van der Waals surface area (Å²) < 4.78 is 0. The number of fused-ring (bicyclic) bond motifs is 1. The van der Waals surface area contributed by atoms with Crippen LogP contribution in [0.5, 0.6) is 0 Å². The van der Waals surface area contributed by atoms with Crippen LogP contribution in [0.3, 0.4) is 0 Å². The van der Waals surface area contributed by atoms with Gasteiger partial charge in [-0.15, -0.1) is 0 Å². The Bertz CT molecular complexity index is 703. The molecule has 0 aliphatic rings. The topological polar surface area (TPSA) is 54.5 Å². The number of imidazole rings is 1. The van der Waals surface area contributed by atoms with Gasteiger partial charge in [0.15, 0.2) is 10.8 Å². The summed E-state index contributed by atoms with van der Waals surface area (Å²) in [6.07, 6.45) is 5.25. The molecule has 4 nitrogen and oxygen atoms in total. The third-order valence-electron chi connectivity index (χ3n) is 2.49. The average Bonchev–Trinajstić information content (AvgIpc) is 2.82. The highest BCUT2D eigenvalue weighted by molar-refractivity contribution is 6.33. The Labute approximate surface area is 108 Å². The lowest BCUT2D eigenvalue weighted by Crippen LogP contribution is -1.80. The standard InChI is InChI=1S/C13H9ClN4/c14-12-11-13(16-8-15-12)18-10(17-11)7-6-9-4-2-1-3-5-9/h1-8H,(H,15,16,17,18)/b7-6+. The summed E-state index contributed by atoms with van der Waals surface area (Å²) >= 11 is 5.94. The Hall–Kier alpha value is -2.20. The number of aromatic nitrogens is 4. The second-order valence-corrected chi connectivity index (χ2v) is 4.09. The summed E-state index contributed by atoms with van der Waals surface area (Å²) in [5.74, 6) is 0.705. The summed E-state index contributed by atoms with van der Waals surface area (Å²) in [5.41, 5.74) is 2.34. The smallest absolute Gasteiger partial charge is 0.182 e. The van der Waals surface area contributed by atoms with E-state index in [1.807, 2.05) is 42.5 Å². The number of nitrogens with one attached hydrogen (secondary N) is 1. The van der Waals surface area contributed by atoms with Gasteiger partial charge in [-0.1, -0.05) is 48.0 Å². The summed E-state index contributed by atoms with van der Waals surface area (Å²) in [6.45, 7) is 0. The van der Waals surface area contributed by atoms with E-state index in [9.17, 15) is 0 Å². The van der Waals surface area contributed by atoms with Gasteiger partial charge in [-0.2, -0.15) is 0 Å². The van der Waals surface area contributed by atoms with Crippen molar-refractivity contribution in [2.75, 3.05) is 0 Å². The zero-order valence-electron chi connectivity index (χ0n) is 9.34. The van der Waals surface area contributed by atoms with Crippen molar-refractivity contribution in [3.63, 3.8) is 0 Å². The predicted octanol–water partition coefficient (Wildman–Crippen LogP) is 3.18. The Morgan fingerprint density at radius 3 is 2.67 bits per heavy atom. The number of rotatable bonds is 2. The summed E-state index contributed by atoms with van der Waals surface area (Å²) in [6, 6.07) is 9.99. The van der Waals surface area contributed by atoms with Crippen LogP contribution in [0.15, 0.2) is 36.7 Å². The van der Waals surface area contributed by atoms with E-state index in [4.69, 9.17) is 11.6 Å². The van der Waals surface area contributed by atoms with Crippen molar-refractivity contribution in [2.45, 2.75) is 0 Å². The molecule has 0 radical (unpaired) electrons. The minimum absolute atomic E-state index is 0.381. The lowest BCUT2D eigenvalue weighted by molar-refractivity contribution is 1.20. The third kappa shape index (κ3) is 2.10. The first kappa shape index (κ1) is 10.9. The molecule has 0 amide bonds. The van der Waals surface area contributed by atoms with Gasteiger partial charge in [-0.3, -0.25) is 0 Å². The van der Waals surface area contributed by atoms with Gasteiger partial charge in [0.1, 0.15) is 17.7 Å². The minimum Gasteiger partial charge on any atom is -0.335 e. The van der Waals surface area contributed by atoms with Crippen LogP contribution in [0.2, 0.25) is 5.15 Å². The number of benzene rings is 1. The zero-order chi connectivity index (χ0) is 12.4. The van der Waals surface area contributed by atoms with E-state index in [-0.39, 0.29) is 0 Å². The van der Waals surface area contributed by atoms with E-state index < -0.39 is 0 Å². The average molecular weight is 257 g/mol. The lowest BCUT2D eigenvalue weighted by Gasteiger charge is -1.89. The molecule has 0 aliphatic carbocycles. The predicted molar refractivity (Wildman–Crippen MR) is 72.1 cm³/mol. The van der Waals surface area contributed by atoms with Crippen LogP contribution in [0, 0.1) is 0 Å². The lowest BCUT2D eigenvalue weighted by atomic mass is 10.2. The van der Waals surface area contributed by atoms with Crippen LogP contribution in [0.4, 0.5) is 0 Å². The first-order valence-electron chi connectivity index (χ1n) is 5.42. The molecule has 0 spiro atoms. The Balaban J connectivity index is 1.96. The molecule has 2 aromatic heterocycles. The molecular weight excluding hydrogens is 248 g/mol. The number of aromatic amines is 1. The maximum Gasteiger partial charge on any atom is 0.182 e. The first-order valence-corrected chi connectivity index (χ1v) is 5.80. The Morgan fingerprint density at radius 1 is 1.06 bits per heavy atom. The highest BCUT2D eigenvalue weighted by Crippen LogP contribution is 2.17. The number of nitrogens with zero attached hydrogens (tertiary/aromatic N) is 3. The van der Waals surface area contributed by atoms with Crippen molar-refractivity contribution in [1.82, 2.24) is 19.9 Å². The summed E-state index contributed by atoms with van der Waals surface area (Å²) in [7, 11) is 0. The van der Waals surface area contributed by atoms with Gasteiger partial charge in [0.25, 0.3) is 0 Å². The molecule has 1 N–H and O–H groups in total. The molecule has 0 fully saturated rings. The number of hydrogen-bond donors (Lipinski definition) is 1. The van der Waals surface area contributed by atoms with Gasteiger partial charge in [0.2, 0.25) is 0 Å². The van der Waals surface area contributed by atoms with Gasteiger partial charge in [0, 0.05) is 0 Å². The Morgan fingerprint density at radius 2 is 1.89 bits per heavy atom. The summed E-state index contributed by atoms with van der Waals surface area (Å²) in [5, 5.41) is 0.381. The van der Waals surface area contributed by atoms with Crippen LogP contribution in [-0.2, 0) is 0 Å². The maximum atomic E-state index is 5.94. The van der Waals surface area contributed by atoms with Crippen LogP contribution in [0.1, 0.15) is 11.4 Å². The second kappa shape index (κ2) is 4.58. The summed E-state index contributed by atoms with van der Waals surface area (Å²) in [4.78, 5) is 15.3. The maximum absolute atomic E-state index is 5.94. The fourth-order valence-electron chi connectivity index (χ4n) is 1.64. The molecule has 3 aromatic rings. The fourth-order valence-corrected chi connectivity index (χ4v) is 1.81. The van der Waals surface area contributed by atoms with Crippen molar-refractivity contribution >= 4 is 34.9 Å². The van der Waals surface area contributed by atoms with Gasteiger partial charge in [0.05, 0.1) is 0 Å². The molecule has 18 heavy (non-hydrogen) atoms. The normalized spacial score (nSPS) is 11.4. The van der Waals surface area contributed by atoms with Crippen molar-refractivity contribution < 1.29 is 0 Å². The van der Waals surface area contributed by atoms with Crippen molar-refractivity contribution in [1.29, 1.82) is 0 Å². The van der Waals surface area contributed by atoms with Gasteiger partial charge in [-0.05, 0) is 11.6 Å². The first-order chi connectivity index (χ1) is 8.83. The minimum atomic E-state index is 0.381. The largest absolute Gasteiger partial charge is 0.335 e. The van der Waals surface area contributed by atoms with Gasteiger partial charge in [-0.25, -0.2) is 15.0 Å². The molecule has 0 aliphatic heterocycles.